The summed E-state index contributed by atoms with van der Waals surface area (Å²) in [5.41, 5.74) is 6.86. The van der Waals surface area contributed by atoms with Gasteiger partial charge in [0.2, 0.25) is 5.88 Å². The van der Waals surface area contributed by atoms with E-state index in [0.717, 1.165) is 28.1 Å². The van der Waals surface area contributed by atoms with Crippen molar-refractivity contribution in [2.75, 3.05) is 7.11 Å². The zero-order chi connectivity index (χ0) is 11.5. The van der Waals surface area contributed by atoms with Gasteiger partial charge in [-0.3, -0.25) is 0 Å². The summed E-state index contributed by atoms with van der Waals surface area (Å²) in [5, 5.41) is 0.961. The van der Waals surface area contributed by atoms with Gasteiger partial charge in [-0.15, -0.1) is 11.3 Å². The molecule has 0 aromatic carbocycles. The van der Waals surface area contributed by atoms with Crippen LogP contribution in [0.4, 0.5) is 0 Å². The van der Waals surface area contributed by atoms with Crippen LogP contribution in [0.25, 0.3) is 10.2 Å². The Balaban J connectivity index is 2.43. The third-order valence-corrected chi connectivity index (χ3v) is 3.55. The number of nitrogens with zero attached hydrogens (tertiary/aromatic N) is 2. The molecule has 0 fully saturated rings. The zero-order valence-corrected chi connectivity index (χ0v) is 10.3. The molecule has 4 nitrogen and oxygen atoms in total. The highest BCUT2D eigenvalue weighted by molar-refractivity contribution is 7.18. The number of hydrogen-bond donors (Lipinski definition) is 1. The number of aromatic nitrogens is 2. The Morgan fingerprint density at radius 3 is 3.06 bits per heavy atom. The maximum absolute atomic E-state index is 6.05. The van der Waals surface area contributed by atoms with E-state index >= 15 is 0 Å². The van der Waals surface area contributed by atoms with Crippen molar-refractivity contribution in [1.29, 1.82) is 0 Å². The van der Waals surface area contributed by atoms with Crippen LogP contribution in [-0.4, -0.2) is 17.1 Å². The molecule has 2 N–H and O–H groups in total. The minimum Gasteiger partial charge on any atom is -0.479 e. The van der Waals surface area contributed by atoms with Gasteiger partial charge in [-0.25, -0.2) is 9.97 Å². The van der Waals surface area contributed by atoms with Crippen LogP contribution in [0.5, 0.6) is 5.88 Å². The first kappa shape index (κ1) is 11.3. The van der Waals surface area contributed by atoms with Gasteiger partial charge >= 0.3 is 0 Å². The van der Waals surface area contributed by atoms with E-state index in [0.29, 0.717) is 5.88 Å². The van der Waals surface area contributed by atoms with E-state index in [-0.39, 0.29) is 6.04 Å². The molecule has 5 heteroatoms. The molecule has 2 heterocycles. The van der Waals surface area contributed by atoms with E-state index in [1.807, 2.05) is 6.07 Å². The number of rotatable bonds is 4. The van der Waals surface area contributed by atoms with Crippen molar-refractivity contribution in [3.05, 3.63) is 17.3 Å². The lowest BCUT2D eigenvalue weighted by Gasteiger charge is -2.04. The highest BCUT2D eigenvalue weighted by Gasteiger charge is 2.14. The van der Waals surface area contributed by atoms with E-state index in [9.17, 15) is 0 Å². The van der Waals surface area contributed by atoms with Gasteiger partial charge in [0.05, 0.1) is 17.9 Å². The number of nitrogens with two attached hydrogens (primary N) is 1. The van der Waals surface area contributed by atoms with E-state index < -0.39 is 0 Å². The first-order valence-corrected chi connectivity index (χ1v) is 6.13. The van der Waals surface area contributed by atoms with Gasteiger partial charge in [0, 0.05) is 6.20 Å². The second-order valence-electron chi connectivity index (χ2n) is 3.61. The van der Waals surface area contributed by atoms with Crippen LogP contribution in [0.3, 0.4) is 0 Å². The predicted molar refractivity (Wildman–Crippen MR) is 65.8 cm³/mol. The Morgan fingerprint density at radius 1 is 1.56 bits per heavy atom. The summed E-state index contributed by atoms with van der Waals surface area (Å²) in [4.78, 5) is 8.63. The molecule has 0 amide bonds. The van der Waals surface area contributed by atoms with E-state index in [1.165, 1.54) is 0 Å². The quantitative estimate of drug-likeness (QED) is 0.887. The van der Waals surface area contributed by atoms with Gasteiger partial charge in [0.15, 0.2) is 0 Å². The molecule has 2 rings (SSSR count). The minimum atomic E-state index is 0.0205. The highest BCUT2D eigenvalue weighted by atomic mass is 32.1. The minimum absolute atomic E-state index is 0.0205. The topological polar surface area (TPSA) is 61.0 Å². The molecule has 2 aromatic rings. The molecule has 0 bridgehead atoms. The van der Waals surface area contributed by atoms with Crippen LogP contribution in [0.1, 0.15) is 30.8 Å². The number of fused-ring (bicyclic) bond motifs is 1. The smallest absolute Gasteiger partial charge is 0.241 e. The Hall–Kier alpha value is -1.20. The molecule has 0 saturated heterocycles. The summed E-state index contributed by atoms with van der Waals surface area (Å²) in [7, 11) is 1.60. The largest absolute Gasteiger partial charge is 0.479 e. The molecule has 0 spiro atoms. The van der Waals surface area contributed by atoms with Crippen LogP contribution < -0.4 is 10.5 Å². The van der Waals surface area contributed by atoms with Crippen molar-refractivity contribution in [3.8, 4) is 5.88 Å². The normalized spacial score (nSPS) is 12.9. The van der Waals surface area contributed by atoms with Crippen molar-refractivity contribution < 1.29 is 4.74 Å². The van der Waals surface area contributed by atoms with Crippen LogP contribution in [-0.2, 0) is 0 Å². The van der Waals surface area contributed by atoms with Gasteiger partial charge in [-0.1, -0.05) is 13.3 Å². The summed E-state index contributed by atoms with van der Waals surface area (Å²) in [6.45, 7) is 2.12. The molecule has 0 aliphatic rings. The van der Waals surface area contributed by atoms with Gasteiger partial charge in [0.1, 0.15) is 10.5 Å². The zero-order valence-electron chi connectivity index (χ0n) is 9.43. The molecule has 16 heavy (non-hydrogen) atoms. The maximum atomic E-state index is 6.05. The number of pyridine rings is 1. The number of ether oxygens (including phenoxy) is 1. The van der Waals surface area contributed by atoms with E-state index in [1.54, 1.807) is 24.6 Å². The molecule has 1 unspecified atom stereocenters. The van der Waals surface area contributed by atoms with Gasteiger partial charge in [-0.2, -0.15) is 0 Å². The van der Waals surface area contributed by atoms with Crippen molar-refractivity contribution in [1.82, 2.24) is 9.97 Å². The molecule has 86 valence electrons. The summed E-state index contributed by atoms with van der Waals surface area (Å²) in [6.07, 6.45) is 3.75. The Labute approximate surface area is 98.5 Å². The average molecular weight is 237 g/mol. The molecule has 1 atom stereocenters. The van der Waals surface area contributed by atoms with Crippen LogP contribution >= 0.6 is 11.3 Å². The van der Waals surface area contributed by atoms with Crippen molar-refractivity contribution in [3.63, 3.8) is 0 Å². The van der Waals surface area contributed by atoms with E-state index in [4.69, 9.17) is 10.5 Å². The summed E-state index contributed by atoms with van der Waals surface area (Å²) in [6, 6.07) is 1.96. The van der Waals surface area contributed by atoms with Gasteiger partial charge < -0.3 is 10.5 Å². The fraction of sp³-hybridized carbons (Fsp3) is 0.455. The van der Waals surface area contributed by atoms with Gasteiger partial charge in [0.25, 0.3) is 0 Å². The van der Waals surface area contributed by atoms with Crippen molar-refractivity contribution in [2.24, 2.45) is 5.73 Å². The molecule has 0 saturated carbocycles. The highest BCUT2D eigenvalue weighted by Crippen LogP contribution is 2.31. The Morgan fingerprint density at radius 2 is 2.38 bits per heavy atom. The van der Waals surface area contributed by atoms with E-state index in [2.05, 4.69) is 16.9 Å². The first-order chi connectivity index (χ1) is 7.76. The lowest BCUT2D eigenvalue weighted by Crippen LogP contribution is -2.08. The monoisotopic (exact) mass is 237 g/mol. The molecule has 0 aliphatic heterocycles. The maximum Gasteiger partial charge on any atom is 0.241 e. The number of hydrogen-bond acceptors (Lipinski definition) is 5. The molecular formula is C11H15N3OS. The summed E-state index contributed by atoms with van der Waals surface area (Å²) < 4.78 is 6.25. The fourth-order valence-electron chi connectivity index (χ4n) is 1.59. The second kappa shape index (κ2) is 4.76. The first-order valence-electron chi connectivity index (χ1n) is 5.31. The average Bonchev–Trinajstić information content (AvgIpc) is 2.72. The molecule has 0 radical (unpaired) electrons. The SMILES string of the molecule is CCCC(N)c1nc2c(OC)nccc2s1. The second-order valence-corrected chi connectivity index (χ2v) is 4.68. The summed E-state index contributed by atoms with van der Waals surface area (Å²) >= 11 is 1.62. The van der Waals surface area contributed by atoms with Crippen LogP contribution in [0.15, 0.2) is 12.3 Å². The molecule has 2 aromatic heterocycles. The third kappa shape index (κ3) is 2.01. The lowest BCUT2D eigenvalue weighted by atomic mass is 10.2. The molecular weight excluding hydrogens is 222 g/mol. The Bertz CT molecular complexity index is 483. The Kier molecular flexibility index (Phi) is 3.36. The standard InChI is InChI=1S/C11H15N3OS/c1-3-4-7(12)11-14-9-8(16-11)5-6-13-10(9)15-2/h5-7H,3-4,12H2,1-2H3. The van der Waals surface area contributed by atoms with Crippen LogP contribution in [0.2, 0.25) is 0 Å². The third-order valence-electron chi connectivity index (χ3n) is 2.40. The van der Waals surface area contributed by atoms with Crippen LogP contribution in [0, 0.1) is 0 Å². The molecule has 0 aliphatic carbocycles. The lowest BCUT2D eigenvalue weighted by molar-refractivity contribution is 0.402. The summed E-state index contributed by atoms with van der Waals surface area (Å²) in [5.74, 6) is 0.573. The van der Waals surface area contributed by atoms with Gasteiger partial charge in [-0.05, 0) is 12.5 Å². The van der Waals surface area contributed by atoms with Crippen molar-refractivity contribution in [2.45, 2.75) is 25.8 Å². The van der Waals surface area contributed by atoms with Crippen molar-refractivity contribution >= 4 is 21.6 Å². The number of thiazole rings is 1. The fourth-order valence-corrected chi connectivity index (χ4v) is 2.58. The predicted octanol–water partition coefficient (Wildman–Crippen LogP) is 2.50. The number of methoxy groups -OCH3 is 1.